The van der Waals surface area contributed by atoms with Gasteiger partial charge in [0, 0.05) is 20.1 Å². The number of likely N-dealkylation sites (tertiary alicyclic amines) is 1. The SMILES string of the molecule is CNc1nnc(CN2CCC(O)C(C)C2)s1. The molecule has 2 atom stereocenters. The molecule has 5 nitrogen and oxygen atoms in total. The molecule has 1 fully saturated rings. The van der Waals surface area contributed by atoms with Crippen molar-refractivity contribution in [3.8, 4) is 0 Å². The molecule has 2 heterocycles. The van der Waals surface area contributed by atoms with Gasteiger partial charge >= 0.3 is 0 Å². The summed E-state index contributed by atoms with van der Waals surface area (Å²) in [6.45, 7) is 4.82. The second-order valence-corrected chi connectivity index (χ2v) is 5.38. The Morgan fingerprint density at radius 3 is 3.00 bits per heavy atom. The average Bonchev–Trinajstić information content (AvgIpc) is 2.71. The maximum atomic E-state index is 9.64. The summed E-state index contributed by atoms with van der Waals surface area (Å²) in [6.07, 6.45) is 0.720. The quantitative estimate of drug-likeness (QED) is 0.820. The fraction of sp³-hybridized carbons (Fsp3) is 0.800. The van der Waals surface area contributed by atoms with Crippen LogP contribution in [0.2, 0.25) is 0 Å². The third-order valence-electron chi connectivity index (χ3n) is 2.98. The first-order valence-electron chi connectivity index (χ1n) is 5.59. The Balaban J connectivity index is 1.90. The second kappa shape index (κ2) is 5.07. The van der Waals surface area contributed by atoms with Crippen LogP contribution >= 0.6 is 11.3 Å². The highest BCUT2D eigenvalue weighted by atomic mass is 32.1. The van der Waals surface area contributed by atoms with E-state index in [9.17, 15) is 5.11 Å². The van der Waals surface area contributed by atoms with Gasteiger partial charge in [-0.25, -0.2) is 0 Å². The summed E-state index contributed by atoms with van der Waals surface area (Å²) in [5, 5.41) is 22.7. The molecule has 0 radical (unpaired) electrons. The molecule has 2 N–H and O–H groups in total. The molecule has 0 amide bonds. The van der Waals surface area contributed by atoms with Crippen LogP contribution in [0.5, 0.6) is 0 Å². The lowest BCUT2D eigenvalue weighted by Crippen LogP contribution is -2.41. The number of hydrogen-bond donors (Lipinski definition) is 2. The molecule has 0 aromatic carbocycles. The van der Waals surface area contributed by atoms with Crippen LogP contribution in [0.3, 0.4) is 0 Å². The van der Waals surface area contributed by atoms with E-state index in [0.717, 1.165) is 36.2 Å². The van der Waals surface area contributed by atoms with Gasteiger partial charge < -0.3 is 10.4 Å². The lowest BCUT2D eigenvalue weighted by atomic mass is 9.97. The van der Waals surface area contributed by atoms with Crippen LogP contribution in [0.1, 0.15) is 18.4 Å². The number of aliphatic hydroxyl groups is 1. The highest BCUT2D eigenvalue weighted by Crippen LogP contribution is 2.21. The van der Waals surface area contributed by atoms with E-state index in [4.69, 9.17) is 0 Å². The normalized spacial score (nSPS) is 26.9. The minimum Gasteiger partial charge on any atom is -0.393 e. The van der Waals surface area contributed by atoms with Crippen LogP contribution in [0.4, 0.5) is 5.13 Å². The molecule has 0 spiro atoms. The van der Waals surface area contributed by atoms with Crippen LogP contribution in [0.25, 0.3) is 0 Å². The number of piperidine rings is 1. The Labute approximate surface area is 99.5 Å². The molecule has 1 aromatic rings. The van der Waals surface area contributed by atoms with Crippen molar-refractivity contribution in [2.75, 3.05) is 25.5 Å². The van der Waals surface area contributed by atoms with Gasteiger partial charge in [0.15, 0.2) is 0 Å². The first-order chi connectivity index (χ1) is 7.69. The summed E-state index contributed by atoms with van der Waals surface area (Å²) in [5.41, 5.74) is 0. The van der Waals surface area contributed by atoms with Gasteiger partial charge in [0.05, 0.1) is 12.6 Å². The van der Waals surface area contributed by atoms with Crippen molar-refractivity contribution in [1.82, 2.24) is 15.1 Å². The summed E-state index contributed by atoms with van der Waals surface area (Å²) in [4.78, 5) is 2.33. The Hall–Kier alpha value is -0.720. The van der Waals surface area contributed by atoms with Crippen LogP contribution in [-0.4, -0.2) is 46.4 Å². The van der Waals surface area contributed by atoms with E-state index in [2.05, 4.69) is 27.3 Å². The lowest BCUT2D eigenvalue weighted by molar-refractivity contribution is 0.0319. The maximum Gasteiger partial charge on any atom is 0.205 e. The molecule has 1 aliphatic heterocycles. The molecular weight excluding hydrogens is 224 g/mol. The second-order valence-electron chi connectivity index (χ2n) is 4.32. The van der Waals surface area contributed by atoms with Crippen LogP contribution in [0.15, 0.2) is 0 Å². The molecule has 0 saturated carbocycles. The molecule has 6 heteroatoms. The molecule has 1 saturated heterocycles. The first-order valence-corrected chi connectivity index (χ1v) is 6.41. The highest BCUT2D eigenvalue weighted by molar-refractivity contribution is 7.15. The topological polar surface area (TPSA) is 61.3 Å². The van der Waals surface area contributed by atoms with Crippen LogP contribution < -0.4 is 5.32 Å². The van der Waals surface area contributed by atoms with Crippen LogP contribution in [0, 0.1) is 5.92 Å². The average molecular weight is 242 g/mol. The fourth-order valence-corrected chi connectivity index (χ4v) is 2.71. The molecule has 1 aliphatic rings. The Kier molecular flexibility index (Phi) is 3.73. The van der Waals surface area contributed by atoms with Gasteiger partial charge in [-0.3, -0.25) is 4.90 Å². The molecule has 2 rings (SSSR count). The van der Waals surface area contributed by atoms with Gasteiger partial charge in [-0.1, -0.05) is 18.3 Å². The van der Waals surface area contributed by atoms with E-state index < -0.39 is 0 Å². The summed E-state index contributed by atoms with van der Waals surface area (Å²) in [5.74, 6) is 0.352. The highest BCUT2D eigenvalue weighted by Gasteiger charge is 2.24. The third-order valence-corrected chi connectivity index (χ3v) is 3.91. The van der Waals surface area contributed by atoms with Crippen molar-refractivity contribution in [3.63, 3.8) is 0 Å². The Morgan fingerprint density at radius 1 is 1.56 bits per heavy atom. The molecule has 90 valence electrons. The zero-order valence-corrected chi connectivity index (χ0v) is 10.5. The molecule has 16 heavy (non-hydrogen) atoms. The van der Waals surface area contributed by atoms with E-state index >= 15 is 0 Å². The Bertz CT molecular complexity index is 343. The van der Waals surface area contributed by atoms with Gasteiger partial charge in [0.25, 0.3) is 0 Å². The van der Waals surface area contributed by atoms with Gasteiger partial charge in [-0.2, -0.15) is 0 Å². The van der Waals surface area contributed by atoms with Gasteiger partial charge in [0.1, 0.15) is 5.01 Å². The van der Waals surface area contributed by atoms with Gasteiger partial charge in [0.2, 0.25) is 5.13 Å². The standard InChI is InChI=1S/C10H18N4OS/c1-7-5-14(4-3-8(7)15)6-9-12-13-10(11-2)16-9/h7-8,15H,3-6H2,1-2H3,(H,11,13). The third kappa shape index (κ3) is 2.69. The van der Waals surface area contributed by atoms with Crippen molar-refractivity contribution >= 4 is 16.5 Å². The van der Waals surface area contributed by atoms with E-state index in [1.807, 2.05) is 7.05 Å². The number of hydrogen-bond acceptors (Lipinski definition) is 6. The van der Waals surface area contributed by atoms with E-state index in [1.54, 1.807) is 11.3 Å². The predicted octanol–water partition coefficient (Wildman–Crippen LogP) is 0.782. The molecular formula is C10H18N4OS. The number of rotatable bonds is 3. The van der Waals surface area contributed by atoms with Gasteiger partial charge in [-0.15, -0.1) is 10.2 Å². The van der Waals surface area contributed by atoms with Crippen molar-refractivity contribution < 1.29 is 5.11 Å². The number of nitrogens with zero attached hydrogens (tertiary/aromatic N) is 3. The first kappa shape index (κ1) is 11.8. The minimum atomic E-state index is -0.140. The zero-order chi connectivity index (χ0) is 11.5. The van der Waals surface area contributed by atoms with E-state index in [-0.39, 0.29) is 6.10 Å². The molecule has 1 aromatic heterocycles. The molecule has 0 aliphatic carbocycles. The molecule has 2 unspecified atom stereocenters. The monoisotopic (exact) mass is 242 g/mol. The summed E-state index contributed by atoms with van der Waals surface area (Å²) >= 11 is 1.59. The van der Waals surface area contributed by atoms with Gasteiger partial charge in [-0.05, 0) is 12.3 Å². The summed E-state index contributed by atoms with van der Waals surface area (Å²) in [6, 6.07) is 0. The summed E-state index contributed by atoms with van der Waals surface area (Å²) < 4.78 is 0. The van der Waals surface area contributed by atoms with Crippen molar-refractivity contribution in [2.45, 2.75) is 26.0 Å². The summed E-state index contributed by atoms with van der Waals surface area (Å²) in [7, 11) is 1.85. The largest absolute Gasteiger partial charge is 0.393 e. The maximum absolute atomic E-state index is 9.64. The van der Waals surface area contributed by atoms with Crippen LogP contribution in [-0.2, 0) is 6.54 Å². The van der Waals surface area contributed by atoms with Crippen molar-refractivity contribution in [3.05, 3.63) is 5.01 Å². The number of aromatic nitrogens is 2. The van der Waals surface area contributed by atoms with E-state index in [0.29, 0.717) is 5.92 Å². The van der Waals surface area contributed by atoms with E-state index in [1.165, 1.54) is 0 Å². The lowest BCUT2D eigenvalue weighted by Gasteiger charge is -2.33. The van der Waals surface area contributed by atoms with Crippen molar-refractivity contribution in [1.29, 1.82) is 0 Å². The van der Waals surface area contributed by atoms with Crippen molar-refractivity contribution in [2.24, 2.45) is 5.92 Å². The number of aliphatic hydroxyl groups excluding tert-OH is 1. The zero-order valence-electron chi connectivity index (χ0n) is 9.68. The predicted molar refractivity (Wildman–Crippen MR) is 64.5 cm³/mol. The fourth-order valence-electron chi connectivity index (χ4n) is 1.97. The number of anilines is 1. The Morgan fingerprint density at radius 2 is 2.38 bits per heavy atom. The molecule has 0 bridgehead atoms. The smallest absolute Gasteiger partial charge is 0.205 e. The minimum absolute atomic E-state index is 0.140. The number of nitrogens with one attached hydrogen (secondary N) is 1.